The normalized spacial score (nSPS) is 9.31. The Morgan fingerprint density at radius 2 is 1.92 bits per heavy atom. The van der Waals surface area contributed by atoms with Crippen LogP contribution in [0.4, 0.5) is 11.4 Å². The monoisotopic (exact) mass is 202 g/mol. The molecule has 0 amide bonds. The zero-order valence-corrected chi connectivity index (χ0v) is 8.18. The van der Waals surface area contributed by atoms with Gasteiger partial charge in [0.25, 0.3) is 0 Å². The minimum absolute atomic E-state index is 0. The summed E-state index contributed by atoms with van der Waals surface area (Å²) in [5.74, 6) is 0. The molecule has 5 N–H and O–H groups in total. The number of halogens is 1. The third kappa shape index (κ3) is 3.53. The molecule has 0 unspecified atom stereocenters. The van der Waals surface area contributed by atoms with Crippen LogP contribution in [-0.4, -0.2) is 11.7 Å². The highest BCUT2D eigenvalue weighted by Crippen LogP contribution is 2.16. The second-order valence-electron chi connectivity index (χ2n) is 2.79. The van der Waals surface area contributed by atoms with Gasteiger partial charge in [0.1, 0.15) is 0 Å². The van der Waals surface area contributed by atoms with Gasteiger partial charge in [-0.2, -0.15) is 0 Å². The maximum atomic E-state index is 8.62. The molecule has 0 aliphatic carbocycles. The van der Waals surface area contributed by atoms with Gasteiger partial charge in [-0.15, -0.1) is 12.4 Å². The van der Waals surface area contributed by atoms with Crippen molar-refractivity contribution in [2.24, 2.45) is 0 Å². The van der Waals surface area contributed by atoms with Gasteiger partial charge in [-0.05, 0) is 36.6 Å². The lowest BCUT2D eigenvalue weighted by Gasteiger charge is -2.04. The van der Waals surface area contributed by atoms with E-state index in [1.807, 2.05) is 6.07 Å². The van der Waals surface area contributed by atoms with Gasteiger partial charge in [0.15, 0.2) is 0 Å². The summed E-state index contributed by atoms with van der Waals surface area (Å²) in [4.78, 5) is 0. The first-order valence-electron chi connectivity index (χ1n) is 3.99. The van der Waals surface area contributed by atoms with E-state index in [2.05, 4.69) is 0 Å². The fraction of sp³-hybridized carbons (Fsp3) is 0.333. The van der Waals surface area contributed by atoms with E-state index < -0.39 is 0 Å². The van der Waals surface area contributed by atoms with Gasteiger partial charge in [0.05, 0.1) is 0 Å². The Kier molecular flexibility index (Phi) is 5.26. The van der Waals surface area contributed by atoms with Crippen molar-refractivity contribution in [2.75, 3.05) is 18.1 Å². The highest BCUT2D eigenvalue weighted by Gasteiger charge is 1.98. The third-order valence-corrected chi connectivity index (χ3v) is 1.77. The predicted octanol–water partition coefficient (Wildman–Crippen LogP) is 1.20. The molecule has 0 heterocycles. The van der Waals surface area contributed by atoms with E-state index in [9.17, 15) is 0 Å². The number of aliphatic hydroxyl groups excluding tert-OH is 1. The molecule has 0 atom stereocenters. The Bertz CT molecular complexity index is 266. The standard InChI is InChI=1S/C9H14N2O.ClH/c10-8-3-4-9(11)7(6-8)2-1-5-12;/h3-4,6,12H,1-2,5,10-11H2;1H. The Morgan fingerprint density at radius 1 is 1.23 bits per heavy atom. The van der Waals surface area contributed by atoms with E-state index in [1.165, 1.54) is 0 Å². The van der Waals surface area contributed by atoms with Crippen LogP contribution in [0.5, 0.6) is 0 Å². The molecular weight excluding hydrogens is 188 g/mol. The lowest BCUT2D eigenvalue weighted by molar-refractivity contribution is 0.288. The van der Waals surface area contributed by atoms with Gasteiger partial charge in [0.2, 0.25) is 0 Å². The number of aliphatic hydroxyl groups is 1. The minimum atomic E-state index is 0. The van der Waals surface area contributed by atoms with Crippen LogP contribution in [-0.2, 0) is 6.42 Å². The van der Waals surface area contributed by atoms with Gasteiger partial charge in [0, 0.05) is 18.0 Å². The van der Waals surface area contributed by atoms with Crippen LogP contribution in [0.1, 0.15) is 12.0 Å². The summed E-state index contributed by atoms with van der Waals surface area (Å²) < 4.78 is 0. The van der Waals surface area contributed by atoms with Crippen LogP contribution < -0.4 is 11.5 Å². The highest BCUT2D eigenvalue weighted by atomic mass is 35.5. The van der Waals surface area contributed by atoms with E-state index in [0.717, 1.165) is 29.8 Å². The van der Waals surface area contributed by atoms with Crippen molar-refractivity contribution >= 4 is 23.8 Å². The number of rotatable bonds is 3. The number of benzene rings is 1. The lowest BCUT2D eigenvalue weighted by atomic mass is 10.1. The van der Waals surface area contributed by atoms with E-state index >= 15 is 0 Å². The molecule has 13 heavy (non-hydrogen) atoms. The molecule has 0 radical (unpaired) electrons. The molecule has 0 aromatic heterocycles. The smallest absolute Gasteiger partial charge is 0.0434 e. The number of hydrogen-bond donors (Lipinski definition) is 3. The summed E-state index contributed by atoms with van der Waals surface area (Å²) in [6, 6.07) is 5.42. The highest BCUT2D eigenvalue weighted by molar-refractivity contribution is 5.85. The van der Waals surface area contributed by atoms with Crippen molar-refractivity contribution < 1.29 is 5.11 Å². The molecule has 74 valence electrons. The molecule has 3 nitrogen and oxygen atoms in total. The molecule has 0 aliphatic rings. The second-order valence-corrected chi connectivity index (χ2v) is 2.79. The van der Waals surface area contributed by atoms with Gasteiger partial charge in [-0.25, -0.2) is 0 Å². The Labute approximate surface area is 84.2 Å². The molecule has 0 fully saturated rings. The van der Waals surface area contributed by atoms with Gasteiger partial charge >= 0.3 is 0 Å². The molecule has 0 spiro atoms. The molecule has 0 aliphatic heterocycles. The van der Waals surface area contributed by atoms with Crippen LogP contribution in [0.3, 0.4) is 0 Å². The summed E-state index contributed by atoms with van der Waals surface area (Å²) in [6.45, 7) is 0.189. The van der Waals surface area contributed by atoms with Crippen LogP contribution >= 0.6 is 12.4 Å². The lowest BCUT2D eigenvalue weighted by Crippen LogP contribution is -1.97. The quantitative estimate of drug-likeness (QED) is 0.645. The molecule has 1 rings (SSSR count). The zero-order valence-electron chi connectivity index (χ0n) is 7.36. The first kappa shape index (κ1) is 12.1. The number of anilines is 2. The SMILES string of the molecule is Cl.Nc1ccc(N)c(CCCO)c1. The van der Waals surface area contributed by atoms with E-state index in [-0.39, 0.29) is 19.0 Å². The minimum Gasteiger partial charge on any atom is -0.399 e. The summed E-state index contributed by atoms with van der Waals surface area (Å²) in [5, 5.41) is 8.62. The van der Waals surface area contributed by atoms with Gasteiger partial charge < -0.3 is 16.6 Å². The van der Waals surface area contributed by atoms with Crippen molar-refractivity contribution in [3.05, 3.63) is 23.8 Å². The van der Waals surface area contributed by atoms with Crippen LogP contribution in [0, 0.1) is 0 Å². The van der Waals surface area contributed by atoms with E-state index in [1.54, 1.807) is 12.1 Å². The largest absolute Gasteiger partial charge is 0.399 e. The fourth-order valence-electron chi connectivity index (χ4n) is 1.11. The van der Waals surface area contributed by atoms with Crippen molar-refractivity contribution in [3.8, 4) is 0 Å². The van der Waals surface area contributed by atoms with Crippen LogP contribution in [0.15, 0.2) is 18.2 Å². The topological polar surface area (TPSA) is 72.3 Å². The van der Waals surface area contributed by atoms with Crippen molar-refractivity contribution in [3.63, 3.8) is 0 Å². The predicted molar refractivity (Wildman–Crippen MR) is 57.9 cm³/mol. The Balaban J connectivity index is 0.00000144. The molecule has 0 bridgehead atoms. The fourth-order valence-corrected chi connectivity index (χ4v) is 1.11. The van der Waals surface area contributed by atoms with Gasteiger partial charge in [-0.1, -0.05) is 0 Å². The van der Waals surface area contributed by atoms with Crippen molar-refractivity contribution in [1.82, 2.24) is 0 Å². The third-order valence-electron chi connectivity index (χ3n) is 1.77. The number of nitrogens with two attached hydrogens (primary N) is 2. The average Bonchev–Trinajstić information content (AvgIpc) is 2.07. The van der Waals surface area contributed by atoms with Crippen molar-refractivity contribution in [2.45, 2.75) is 12.8 Å². The summed E-state index contributed by atoms with van der Waals surface area (Å²) in [5.41, 5.74) is 13.8. The number of nitrogen functional groups attached to an aromatic ring is 2. The zero-order chi connectivity index (χ0) is 8.97. The second kappa shape index (κ2) is 5.67. The number of hydrogen-bond acceptors (Lipinski definition) is 3. The first-order valence-corrected chi connectivity index (χ1v) is 3.99. The Morgan fingerprint density at radius 3 is 2.54 bits per heavy atom. The summed E-state index contributed by atoms with van der Waals surface area (Å²) in [6.07, 6.45) is 1.51. The number of aryl methyl sites for hydroxylation is 1. The first-order chi connectivity index (χ1) is 5.74. The Hall–Kier alpha value is -0.930. The maximum Gasteiger partial charge on any atom is 0.0434 e. The van der Waals surface area contributed by atoms with Crippen LogP contribution in [0.2, 0.25) is 0 Å². The molecule has 4 heteroatoms. The summed E-state index contributed by atoms with van der Waals surface area (Å²) in [7, 11) is 0. The van der Waals surface area contributed by atoms with Gasteiger partial charge in [-0.3, -0.25) is 0 Å². The van der Waals surface area contributed by atoms with E-state index in [4.69, 9.17) is 16.6 Å². The van der Waals surface area contributed by atoms with Crippen molar-refractivity contribution in [1.29, 1.82) is 0 Å². The molecular formula is C9H15ClN2O. The maximum absolute atomic E-state index is 8.62. The molecule has 0 saturated heterocycles. The molecule has 0 saturated carbocycles. The summed E-state index contributed by atoms with van der Waals surface area (Å²) >= 11 is 0. The molecule has 1 aromatic carbocycles. The molecule has 1 aromatic rings. The average molecular weight is 203 g/mol. The van der Waals surface area contributed by atoms with Crippen LogP contribution in [0.25, 0.3) is 0 Å². The van der Waals surface area contributed by atoms with E-state index in [0.29, 0.717) is 0 Å².